The summed E-state index contributed by atoms with van der Waals surface area (Å²) in [7, 11) is 0. The van der Waals surface area contributed by atoms with Gasteiger partial charge in [0.05, 0.1) is 0 Å². The van der Waals surface area contributed by atoms with Crippen LogP contribution in [0.2, 0.25) is 0 Å². The molecule has 0 spiro atoms. The van der Waals surface area contributed by atoms with Crippen molar-refractivity contribution in [1.82, 2.24) is 4.90 Å². The predicted octanol–water partition coefficient (Wildman–Crippen LogP) is 2.83. The van der Waals surface area contributed by atoms with Gasteiger partial charge in [0.2, 0.25) is 0 Å². The molecule has 1 heteroatoms. The highest BCUT2D eigenvalue weighted by Gasteiger charge is 2.22. The minimum atomic E-state index is 0.884. The molecule has 1 saturated heterocycles. The van der Waals surface area contributed by atoms with E-state index in [1.807, 2.05) is 6.08 Å². The Morgan fingerprint density at radius 2 is 2.42 bits per heavy atom. The van der Waals surface area contributed by atoms with Gasteiger partial charge in [-0.2, -0.15) is 0 Å². The van der Waals surface area contributed by atoms with Crippen LogP contribution in [0.25, 0.3) is 0 Å². The quantitative estimate of drug-likeness (QED) is 0.569. The Hall–Kier alpha value is -0.300. The number of hydrogen-bond donors (Lipinski definition) is 0. The number of nitrogens with zero attached hydrogens (tertiary/aromatic N) is 1. The van der Waals surface area contributed by atoms with Crippen LogP contribution in [0.1, 0.15) is 39.0 Å². The second-order valence-corrected chi connectivity index (χ2v) is 3.70. The van der Waals surface area contributed by atoms with Crippen LogP contribution in [0.3, 0.4) is 0 Å². The Kier molecular flexibility index (Phi) is 4.37. The molecule has 1 fully saturated rings. The van der Waals surface area contributed by atoms with E-state index in [0.29, 0.717) is 0 Å². The maximum Gasteiger partial charge on any atom is 0.00957 e. The SMILES string of the molecule is C=CCCN1CCCC1CCC. The summed E-state index contributed by atoms with van der Waals surface area (Å²) in [6.45, 7) is 8.60. The van der Waals surface area contributed by atoms with Gasteiger partial charge < -0.3 is 4.90 Å². The molecule has 0 saturated carbocycles. The summed E-state index contributed by atoms with van der Waals surface area (Å²) in [5, 5.41) is 0. The minimum absolute atomic E-state index is 0.884. The van der Waals surface area contributed by atoms with Gasteiger partial charge in [-0.15, -0.1) is 6.58 Å². The summed E-state index contributed by atoms with van der Waals surface area (Å²) in [5.74, 6) is 0. The highest BCUT2D eigenvalue weighted by molar-refractivity contribution is 4.80. The Morgan fingerprint density at radius 1 is 1.58 bits per heavy atom. The largest absolute Gasteiger partial charge is 0.300 e. The molecule has 0 aromatic heterocycles. The van der Waals surface area contributed by atoms with Gasteiger partial charge in [0, 0.05) is 12.6 Å². The van der Waals surface area contributed by atoms with Gasteiger partial charge in [0.15, 0.2) is 0 Å². The van der Waals surface area contributed by atoms with E-state index >= 15 is 0 Å². The molecule has 1 heterocycles. The topological polar surface area (TPSA) is 3.24 Å². The lowest BCUT2D eigenvalue weighted by Crippen LogP contribution is -2.29. The van der Waals surface area contributed by atoms with Crippen molar-refractivity contribution in [3.05, 3.63) is 12.7 Å². The summed E-state index contributed by atoms with van der Waals surface area (Å²) < 4.78 is 0. The van der Waals surface area contributed by atoms with Gasteiger partial charge >= 0.3 is 0 Å². The van der Waals surface area contributed by atoms with E-state index in [1.54, 1.807) is 0 Å². The fourth-order valence-electron chi connectivity index (χ4n) is 2.11. The van der Waals surface area contributed by atoms with Crippen molar-refractivity contribution in [3.63, 3.8) is 0 Å². The summed E-state index contributed by atoms with van der Waals surface area (Å²) in [6, 6.07) is 0.884. The van der Waals surface area contributed by atoms with Crippen molar-refractivity contribution < 1.29 is 0 Å². The Labute approximate surface area is 76.5 Å². The van der Waals surface area contributed by atoms with Crippen molar-refractivity contribution in [2.45, 2.75) is 45.1 Å². The van der Waals surface area contributed by atoms with Gasteiger partial charge in [-0.1, -0.05) is 19.4 Å². The molecule has 1 unspecified atom stereocenters. The fraction of sp³-hybridized carbons (Fsp3) is 0.818. The summed E-state index contributed by atoms with van der Waals surface area (Å²) in [4.78, 5) is 2.63. The van der Waals surface area contributed by atoms with E-state index in [0.717, 1.165) is 12.5 Å². The van der Waals surface area contributed by atoms with E-state index in [1.165, 1.54) is 38.8 Å². The van der Waals surface area contributed by atoms with Crippen LogP contribution in [0.4, 0.5) is 0 Å². The van der Waals surface area contributed by atoms with Crippen LogP contribution in [-0.2, 0) is 0 Å². The maximum atomic E-state index is 3.77. The van der Waals surface area contributed by atoms with E-state index < -0.39 is 0 Å². The first-order chi connectivity index (χ1) is 5.88. The third-order valence-electron chi connectivity index (χ3n) is 2.74. The fourth-order valence-corrected chi connectivity index (χ4v) is 2.11. The first kappa shape index (κ1) is 9.79. The lowest BCUT2D eigenvalue weighted by atomic mass is 10.1. The number of rotatable bonds is 5. The summed E-state index contributed by atoms with van der Waals surface area (Å²) in [6.07, 6.45) is 8.72. The minimum Gasteiger partial charge on any atom is -0.300 e. The van der Waals surface area contributed by atoms with Gasteiger partial charge in [-0.05, 0) is 32.2 Å². The van der Waals surface area contributed by atoms with E-state index in [4.69, 9.17) is 0 Å². The summed E-state index contributed by atoms with van der Waals surface area (Å²) in [5.41, 5.74) is 0. The molecule has 0 aliphatic carbocycles. The van der Waals surface area contributed by atoms with E-state index in [2.05, 4.69) is 18.4 Å². The molecule has 12 heavy (non-hydrogen) atoms. The first-order valence-corrected chi connectivity index (χ1v) is 5.23. The average molecular weight is 167 g/mol. The van der Waals surface area contributed by atoms with Crippen LogP contribution < -0.4 is 0 Å². The lowest BCUT2D eigenvalue weighted by molar-refractivity contribution is 0.246. The molecule has 1 rings (SSSR count). The van der Waals surface area contributed by atoms with Crippen molar-refractivity contribution >= 4 is 0 Å². The molecule has 1 aliphatic heterocycles. The molecule has 0 amide bonds. The molecule has 70 valence electrons. The second kappa shape index (κ2) is 5.36. The van der Waals surface area contributed by atoms with Gasteiger partial charge in [-0.25, -0.2) is 0 Å². The first-order valence-electron chi connectivity index (χ1n) is 5.23. The molecule has 0 aromatic carbocycles. The van der Waals surface area contributed by atoms with Gasteiger partial charge in [0.25, 0.3) is 0 Å². The van der Waals surface area contributed by atoms with E-state index in [9.17, 15) is 0 Å². The van der Waals surface area contributed by atoms with Crippen molar-refractivity contribution in [2.24, 2.45) is 0 Å². The van der Waals surface area contributed by atoms with Crippen molar-refractivity contribution in [3.8, 4) is 0 Å². The Balaban J connectivity index is 2.25. The monoisotopic (exact) mass is 167 g/mol. The Bertz CT molecular complexity index is 131. The molecule has 0 N–H and O–H groups in total. The number of likely N-dealkylation sites (tertiary alicyclic amines) is 1. The van der Waals surface area contributed by atoms with Crippen LogP contribution in [-0.4, -0.2) is 24.0 Å². The zero-order chi connectivity index (χ0) is 8.81. The van der Waals surface area contributed by atoms with E-state index in [-0.39, 0.29) is 0 Å². The number of hydrogen-bond acceptors (Lipinski definition) is 1. The highest BCUT2D eigenvalue weighted by Crippen LogP contribution is 2.20. The maximum absolute atomic E-state index is 3.77. The standard InChI is InChI=1S/C11H21N/c1-3-5-9-12-10-6-8-11(12)7-4-2/h3,11H,1,4-10H2,2H3. The Morgan fingerprint density at radius 3 is 3.08 bits per heavy atom. The zero-order valence-electron chi connectivity index (χ0n) is 8.26. The van der Waals surface area contributed by atoms with Gasteiger partial charge in [-0.3, -0.25) is 0 Å². The predicted molar refractivity (Wildman–Crippen MR) is 54.3 cm³/mol. The normalized spacial score (nSPS) is 24.6. The second-order valence-electron chi connectivity index (χ2n) is 3.70. The molecule has 0 radical (unpaired) electrons. The molecule has 0 aromatic rings. The highest BCUT2D eigenvalue weighted by atomic mass is 15.2. The van der Waals surface area contributed by atoms with Crippen LogP contribution >= 0.6 is 0 Å². The van der Waals surface area contributed by atoms with Gasteiger partial charge in [0.1, 0.15) is 0 Å². The van der Waals surface area contributed by atoms with Crippen molar-refractivity contribution in [1.29, 1.82) is 0 Å². The van der Waals surface area contributed by atoms with Crippen LogP contribution in [0, 0.1) is 0 Å². The molecule has 1 aliphatic rings. The molecule has 0 bridgehead atoms. The average Bonchev–Trinajstić information content (AvgIpc) is 2.50. The molecule has 1 nitrogen and oxygen atoms in total. The van der Waals surface area contributed by atoms with Crippen LogP contribution in [0.15, 0.2) is 12.7 Å². The van der Waals surface area contributed by atoms with Crippen molar-refractivity contribution in [2.75, 3.05) is 13.1 Å². The summed E-state index contributed by atoms with van der Waals surface area (Å²) >= 11 is 0. The lowest BCUT2D eigenvalue weighted by Gasteiger charge is -2.23. The molecular weight excluding hydrogens is 146 g/mol. The third-order valence-corrected chi connectivity index (χ3v) is 2.74. The molecule has 1 atom stereocenters. The molecular formula is C11H21N. The van der Waals surface area contributed by atoms with Crippen LogP contribution in [0.5, 0.6) is 0 Å². The smallest absolute Gasteiger partial charge is 0.00957 e. The zero-order valence-corrected chi connectivity index (χ0v) is 8.26. The third kappa shape index (κ3) is 2.63.